The number of anilines is 1. The summed E-state index contributed by atoms with van der Waals surface area (Å²) in [5.41, 5.74) is 2.42. The highest BCUT2D eigenvalue weighted by atomic mass is 32.2. The number of benzene rings is 1. The van der Waals surface area contributed by atoms with E-state index in [2.05, 4.69) is 29.4 Å². The van der Waals surface area contributed by atoms with Gasteiger partial charge in [0.05, 0.1) is 0 Å². The van der Waals surface area contributed by atoms with E-state index in [0.29, 0.717) is 25.5 Å². The predicted octanol–water partition coefficient (Wildman–Crippen LogP) is 3.43. The molecule has 0 unspecified atom stereocenters. The van der Waals surface area contributed by atoms with Gasteiger partial charge in [0.25, 0.3) is 0 Å². The van der Waals surface area contributed by atoms with Crippen molar-refractivity contribution in [3.63, 3.8) is 0 Å². The molecule has 0 radical (unpaired) electrons. The highest BCUT2D eigenvalue weighted by Crippen LogP contribution is 2.25. The normalized spacial score (nSPS) is 15.9. The maximum absolute atomic E-state index is 13.0. The third-order valence-electron chi connectivity index (χ3n) is 4.65. The third kappa shape index (κ3) is 4.02. The van der Waals surface area contributed by atoms with E-state index in [4.69, 9.17) is 0 Å². The summed E-state index contributed by atoms with van der Waals surface area (Å²) in [5, 5.41) is 3.23. The lowest BCUT2D eigenvalue weighted by atomic mass is 10.1. The first-order valence-corrected chi connectivity index (χ1v) is 10.3. The minimum atomic E-state index is -3.50. The van der Waals surface area contributed by atoms with E-state index in [1.165, 1.54) is 5.56 Å². The lowest BCUT2D eigenvalue weighted by molar-refractivity contribution is 0.346. The molecule has 1 aromatic carbocycles. The summed E-state index contributed by atoms with van der Waals surface area (Å²) in [6, 6.07) is 11.5. The Morgan fingerprint density at radius 3 is 2.48 bits per heavy atom. The fourth-order valence-corrected chi connectivity index (χ4v) is 4.87. The minimum Gasteiger partial charge on any atom is -0.365 e. The smallest absolute Gasteiger partial charge is 0.246 e. The van der Waals surface area contributed by atoms with Gasteiger partial charge >= 0.3 is 0 Å². The molecule has 0 saturated carbocycles. The van der Waals surface area contributed by atoms with Crippen molar-refractivity contribution >= 4 is 15.8 Å². The van der Waals surface area contributed by atoms with Gasteiger partial charge in [0, 0.05) is 25.8 Å². The molecule has 3 rings (SSSR count). The van der Waals surface area contributed by atoms with Crippen LogP contribution in [0.15, 0.2) is 47.5 Å². The Bertz CT molecular complexity index is 815. The van der Waals surface area contributed by atoms with Gasteiger partial charge in [0.2, 0.25) is 10.0 Å². The predicted molar refractivity (Wildman–Crippen MR) is 100.0 cm³/mol. The van der Waals surface area contributed by atoms with Crippen LogP contribution < -0.4 is 5.32 Å². The van der Waals surface area contributed by atoms with Crippen LogP contribution in [-0.2, 0) is 23.0 Å². The summed E-state index contributed by atoms with van der Waals surface area (Å²) in [5.74, 6) is 0.430. The van der Waals surface area contributed by atoms with Crippen LogP contribution in [0.4, 0.5) is 5.82 Å². The van der Waals surface area contributed by atoms with E-state index in [1.807, 2.05) is 12.1 Å². The minimum absolute atomic E-state index is 0.269. The van der Waals surface area contributed by atoms with Crippen molar-refractivity contribution in [2.24, 2.45) is 0 Å². The van der Waals surface area contributed by atoms with Crippen LogP contribution in [-0.4, -0.2) is 30.8 Å². The molecule has 1 N–H and O–H groups in total. The summed E-state index contributed by atoms with van der Waals surface area (Å²) in [7, 11) is -3.50. The second-order valence-electron chi connectivity index (χ2n) is 6.29. The van der Waals surface area contributed by atoms with Crippen LogP contribution in [0.3, 0.4) is 0 Å². The number of piperidine rings is 1. The number of pyridine rings is 1. The molecule has 1 fully saturated rings. The monoisotopic (exact) mass is 359 g/mol. The van der Waals surface area contributed by atoms with E-state index in [0.717, 1.165) is 31.2 Å². The van der Waals surface area contributed by atoms with Gasteiger partial charge in [0.15, 0.2) is 0 Å². The van der Waals surface area contributed by atoms with E-state index in [9.17, 15) is 8.42 Å². The molecule has 25 heavy (non-hydrogen) atoms. The number of aryl methyl sites for hydroxylation is 1. The van der Waals surface area contributed by atoms with Crippen molar-refractivity contribution in [1.82, 2.24) is 9.29 Å². The zero-order valence-electron chi connectivity index (χ0n) is 14.6. The fourth-order valence-electron chi connectivity index (χ4n) is 3.23. The first-order valence-electron chi connectivity index (χ1n) is 8.88. The Labute approximate surface area is 150 Å². The van der Waals surface area contributed by atoms with Crippen molar-refractivity contribution in [3.8, 4) is 0 Å². The molecule has 0 amide bonds. The number of aromatic nitrogens is 1. The molecular weight excluding hydrogens is 334 g/mol. The molecule has 0 spiro atoms. The molecule has 0 aliphatic carbocycles. The van der Waals surface area contributed by atoms with Crippen molar-refractivity contribution in [1.29, 1.82) is 0 Å². The topological polar surface area (TPSA) is 62.3 Å². The van der Waals surface area contributed by atoms with Crippen molar-refractivity contribution in [3.05, 3.63) is 53.7 Å². The van der Waals surface area contributed by atoms with Gasteiger partial charge in [-0.25, -0.2) is 13.4 Å². The van der Waals surface area contributed by atoms with Gasteiger partial charge in [-0.1, -0.05) is 37.6 Å². The highest BCUT2D eigenvalue weighted by molar-refractivity contribution is 7.89. The number of hydrogen-bond acceptors (Lipinski definition) is 4. The Kier molecular flexibility index (Phi) is 5.71. The van der Waals surface area contributed by atoms with E-state index < -0.39 is 10.0 Å². The Morgan fingerprint density at radius 1 is 1.04 bits per heavy atom. The molecule has 1 saturated heterocycles. The molecule has 1 aliphatic heterocycles. The zero-order valence-corrected chi connectivity index (χ0v) is 15.4. The largest absolute Gasteiger partial charge is 0.365 e. The van der Waals surface area contributed by atoms with E-state index in [1.54, 1.807) is 22.6 Å². The van der Waals surface area contributed by atoms with Gasteiger partial charge in [-0.3, -0.25) is 0 Å². The number of sulfonamides is 1. The number of rotatable bonds is 6. The van der Waals surface area contributed by atoms with Gasteiger partial charge < -0.3 is 5.32 Å². The van der Waals surface area contributed by atoms with Crippen LogP contribution in [0.2, 0.25) is 0 Å². The van der Waals surface area contributed by atoms with E-state index >= 15 is 0 Å². The standard InChI is InChI=1S/C19H25N3O2S/c1-2-16-9-4-5-10-17(16)15-21-19-18(11-8-12-20-19)25(23,24)22-13-6-3-7-14-22/h4-5,8-12H,2-3,6-7,13-15H2,1H3,(H,20,21). The number of nitrogens with one attached hydrogen (secondary N) is 1. The van der Waals surface area contributed by atoms with Crippen LogP contribution in [0.25, 0.3) is 0 Å². The van der Waals surface area contributed by atoms with Crippen LogP contribution >= 0.6 is 0 Å². The van der Waals surface area contributed by atoms with Gasteiger partial charge in [-0.15, -0.1) is 0 Å². The van der Waals surface area contributed by atoms with Gasteiger partial charge in [-0.05, 0) is 42.5 Å². The van der Waals surface area contributed by atoms with E-state index in [-0.39, 0.29) is 4.90 Å². The molecule has 2 aromatic rings. The summed E-state index contributed by atoms with van der Waals surface area (Å²) in [4.78, 5) is 4.56. The second-order valence-corrected chi connectivity index (χ2v) is 8.20. The molecule has 0 atom stereocenters. The maximum atomic E-state index is 13.0. The lowest BCUT2D eigenvalue weighted by Crippen LogP contribution is -2.36. The van der Waals surface area contributed by atoms with Crippen LogP contribution in [0, 0.1) is 0 Å². The quantitative estimate of drug-likeness (QED) is 0.858. The summed E-state index contributed by atoms with van der Waals surface area (Å²) in [6.45, 7) is 3.86. The molecule has 2 heterocycles. The maximum Gasteiger partial charge on any atom is 0.246 e. The van der Waals surface area contributed by atoms with Gasteiger partial charge in [0.1, 0.15) is 10.7 Å². The second kappa shape index (κ2) is 7.97. The first-order chi connectivity index (χ1) is 12.1. The van der Waals surface area contributed by atoms with Crippen molar-refractivity contribution in [2.45, 2.75) is 44.0 Å². The Hall–Kier alpha value is -1.92. The summed E-state index contributed by atoms with van der Waals surface area (Å²) >= 11 is 0. The average molecular weight is 359 g/mol. The lowest BCUT2D eigenvalue weighted by Gasteiger charge is -2.26. The molecule has 0 bridgehead atoms. The average Bonchev–Trinajstić information content (AvgIpc) is 2.67. The molecular formula is C19H25N3O2S. The molecule has 6 heteroatoms. The summed E-state index contributed by atoms with van der Waals surface area (Å²) in [6.07, 6.45) is 5.51. The van der Waals surface area contributed by atoms with Gasteiger partial charge in [-0.2, -0.15) is 4.31 Å². The molecule has 1 aliphatic rings. The molecule has 134 valence electrons. The van der Waals surface area contributed by atoms with Crippen molar-refractivity contribution < 1.29 is 8.42 Å². The van der Waals surface area contributed by atoms with Crippen LogP contribution in [0.1, 0.15) is 37.3 Å². The SMILES string of the molecule is CCc1ccccc1CNc1ncccc1S(=O)(=O)N1CCCCC1. The number of hydrogen-bond donors (Lipinski definition) is 1. The van der Waals surface area contributed by atoms with Crippen molar-refractivity contribution in [2.75, 3.05) is 18.4 Å². The number of nitrogens with zero attached hydrogens (tertiary/aromatic N) is 2. The first kappa shape index (κ1) is 17.9. The molecule has 1 aromatic heterocycles. The fraction of sp³-hybridized carbons (Fsp3) is 0.421. The third-order valence-corrected chi connectivity index (χ3v) is 6.58. The Balaban J connectivity index is 1.83. The Morgan fingerprint density at radius 2 is 1.76 bits per heavy atom. The molecule has 5 nitrogen and oxygen atoms in total. The van der Waals surface area contributed by atoms with Crippen LogP contribution in [0.5, 0.6) is 0 Å². The zero-order chi connectivity index (χ0) is 17.7. The summed E-state index contributed by atoms with van der Waals surface area (Å²) < 4.78 is 27.6. The highest BCUT2D eigenvalue weighted by Gasteiger charge is 2.28.